The molecule has 2 bridgehead atoms. The molecule has 1 aliphatic heterocycles. The molecule has 5 rings (SSSR count). The summed E-state index contributed by atoms with van der Waals surface area (Å²) in [7, 11) is 1.73. The van der Waals surface area contributed by atoms with Crippen molar-refractivity contribution in [2.45, 2.75) is 35.5 Å². The largest absolute Gasteiger partial charge is 0.497 e. The summed E-state index contributed by atoms with van der Waals surface area (Å²) in [6.07, 6.45) is 4.28. The maximum atomic E-state index is 5.46. The summed E-state index contributed by atoms with van der Waals surface area (Å²) in [6.45, 7) is 0. The van der Waals surface area contributed by atoms with Gasteiger partial charge in [-0.3, -0.25) is 0 Å². The highest BCUT2D eigenvalue weighted by Crippen LogP contribution is 2.64. The molecule has 2 fully saturated rings. The molecule has 2 aromatic rings. The van der Waals surface area contributed by atoms with Crippen molar-refractivity contribution in [3.8, 4) is 5.75 Å². The van der Waals surface area contributed by atoms with Crippen LogP contribution in [-0.2, 0) is 0 Å². The fourth-order valence-electron chi connectivity index (χ4n) is 5.03. The summed E-state index contributed by atoms with van der Waals surface area (Å²) in [5.74, 6) is 4.03. The van der Waals surface area contributed by atoms with Gasteiger partial charge in [-0.25, -0.2) is 0 Å². The van der Waals surface area contributed by atoms with Crippen LogP contribution in [0.1, 0.15) is 35.6 Å². The molecular weight excluding hydrogens is 342 g/mol. The number of fused-ring (bicyclic) bond motifs is 6. The van der Waals surface area contributed by atoms with E-state index in [-0.39, 0.29) is 0 Å². The molecule has 2 heterocycles. The SMILES string of the molecule is COc1ccc([C@@H]2c3sc(=S)[nH]c3S[C@H]3[C@@H]4CC[C@@H](C4)[C@H]23)cc1. The van der Waals surface area contributed by atoms with Crippen molar-refractivity contribution < 1.29 is 4.74 Å². The first-order valence-electron chi connectivity index (χ1n) is 8.28. The highest BCUT2D eigenvalue weighted by molar-refractivity contribution is 8.00. The molecule has 5 heteroatoms. The number of aromatic amines is 1. The minimum Gasteiger partial charge on any atom is -0.497 e. The number of methoxy groups -OCH3 is 1. The predicted molar refractivity (Wildman–Crippen MR) is 98.3 cm³/mol. The van der Waals surface area contributed by atoms with Crippen LogP contribution >= 0.6 is 35.3 Å². The highest BCUT2D eigenvalue weighted by Gasteiger charge is 2.54. The minimum absolute atomic E-state index is 0.510. The van der Waals surface area contributed by atoms with E-state index in [2.05, 4.69) is 41.0 Å². The minimum atomic E-state index is 0.510. The Balaban J connectivity index is 1.64. The van der Waals surface area contributed by atoms with E-state index in [9.17, 15) is 0 Å². The quantitative estimate of drug-likeness (QED) is 0.718. The maximum absolute atomic E-state index is 5.46. The number of nitrogens with one attached hydrogen (secondary N) is 1. The van der Waals surface area contributed by atoms with Gasteiger partial charge in [-0.05, 0) is 66.9 Å². The van der Waals surface area contributed by atoms with E-state index in [4.69, 9.17) is 17.0 Å². The number of ether oxygens (including phenoxy) is 1. The van der Waals surface area contributed by atoms with Gasteiger partial charge in [0.15, 0.2) is 3.95 Å². The number of rotatable bonds is 2. The first kappa shape index (κ1) is 14.6. The number of benzene rings is 1. The van der Waals surface area contributed by atoms with E-state index in [1.54, 1.807) is 18.4 Å². The van der Waals surface area contributed by atoms with Gasteiger partial charge in [0, 0.05) is 16.0 Å². The second-order valence-electron chi connectivity index (χ2n) is 6.95. The monoisotopic (exact) mass is 361 g/mol. The number of hydrogen-bond donors (Lipinski definition) is 1. The van der Waals surface area contributed by atoms with Crippen LogP contribution in [0.4, 0.5) is 0 Å². The van der Waals surface area contributed by atoms with Gasteiger partial charge in [-0.1, -0.05) is 12.1 Å². The van der Waals surface area contributed by atoms with E-state index >= 15 is 0 Å². The Kier molecular flexibility index (Phi) is 3.39. The molecule has 2 aliphatic carbocycles. The van der Waals surface area contributed by atoms with Crippen LogP contribution in [-0.4, -0.2) is 17.3 Å². The lowest BCUT2D eigenvalue weighted by atomic mass is 9.75. The van der Waals surface area contributed by atoms with Crippen molar-refractivity contribution in [2.24, 2.45) is 17.8 Å². The number of thiazole rings is 1. The summed E-state index contributed by atoms with van der Waals surface area (Å²) >= 11 is 9.33. The van der Waals surface area contributed by atoms with Gasteiger partial charge in [-0.2, -0.15) is 0 Å². The zero-order chi connectivity index (χ0) is 15.6. The molecule has 1 aromatic heterocycles. The molecule has 23 heavy (non-hydrogen) atoms. The molecule has 1 N–H and O–H groups in total. The van der Waals surface area contributed by atoms with Crippen LogP contribution in [0, 0.1) is 21.7 Å². The Bertz CT molecular complexity index is 793. The third-order valence-corrected chi connectivity index (χ3v) is 8.92. The third-order valence-electron chi connectivity index (χ3n) is 5.94. The molecule has 0 unspecified atom stereocenters. The first-order chi connectivity index (χ1) is 11.2. The summed E-state index contributed by atoms with van der Waals surface area (Å²) in [5.41, 5.74) is 1.43. The van der Waals surface area contributed by atoms with Crippen molar-refractivity contribution in [3.63, 3.8) is 0 Å². The average Bonchev–Trinajstić information content (AvgIpc) is 3.26. The number of thioether (sulfide) groups is 1. The van der Waals surface area contributed by atoms with E-state index < -0.39 is 0 Å². The molecule has 0 amide bonds. The van der Waals surface area contributed by atoms with Gasteiger partial charge in [-0.15, -0.1) is 23.1 Å². The number of hydrogen-bond acceptors (Lipinski definition) is 4. The van der Waals surface area contributed by atoms with Crippen LogP contribution in [0.3, 0.4) is 0 Å². The smallest absolute Gasteiger partial charge is 0.159 e. The molecule has 2 nitrogen and oxygen atoms in total. The standard InChI is InChI=1S/C18H19NOS3/c1-20-12-6-4-9(5-7-12)13-14-10-2-3-11(8-10)15(14)22-17-16(13)23-18(21)19-17/h4-7,10-11,13-15H,2-3,8H2,1H3,(H,19,21)/t10-,11+,13-,14+,15-/m0/s1. The van der Waals surface area contributed by atoms with E-state index in [0.29, 0.717) is 5.92 Å². The Hall–Kier alpha value is -0.780. The molecule has 1 aromatic carbocycles. The average molecular weight is 362 g/mol. The highest BCUT2D eigenvalue weighted by atomic mass is 32.2. The van der Waals surface area contributed by atoms with Crippen LogP contribution in [0.2, 0.25) is 0 Å². The summed E-state index contributed by atoms with van der Waals surface area (Å²) in [4.78, 5) is 4.93. The van der Waals surface area contributed by atoms with Gasteiger partial charge in [0.25, 0.3) is 0 Å². The Morgan fingerprint density at radius 2 is 1.96 bits per heavy atom. The van der Waals surface area contributed by atoms with Crippen molar-refractivity contribution in [2.75, 3.05) is 7.11 Å². The lowest BCUT2D eigenvalue weighted by Crippen LogP contribution is -2.33. The van der Waals surface area contributed by atoms with Crippen LogP contribution in [0.25, 0.3) is 0 Å². The van der Waals surface area contributed by atoms with Crippen molar-refractivity contribution in [1.29, 1.82) is 0 Å². The molecule has 120 valence electrons. The zero-order valence-corrected chi connectivity index (χ0v) is 15.4. The Morgan fingerprint density at radius 1 is 1.17 bits per heavy atom. The topological polar surface area (TPSA) is 25.0 Å². The fraction of sp³-hybridized carbons (Fsp3) is 0.500. The third kappa shape index (κ3) is 2.16. The Morgan fingerprint density at radius 3 is 2.74 bits per heavy atom. The summed E-state index contributed by atoms with van der Waals surface area (Å²) in [5, 5.41) is 2.11. The fourth-order valence-corrected chi connectivity index (χ4v) is 8.37. The molecular formula is C18H19NOS3. The van der Waals surface area contributed by atoms with Crippen LogP contribution < -0.4 is 4.74 Å². The lowest BCUT2D eigenvalue weighted by molar-refractivity contribution is 0.307. The summed E-state index contributed by atoms with van der Waals surface area (Å²) in [6, 6.07) is 8.72. The maximum Gasteiger partial charge on any atom is 0.159 e. The summed E-state index contributed by atoms with van der Waals surface area (Å²) < 4.78 is 6.27. The normalized spacial score (nSPS) is 34.2. The van der Waals surface area contributed by atoms with Gasteiger partial charge in [0.1, 0.15) is 5.75 Å². The van der Waals surface area contributed by atoms with Gasteiger partial charge in [0.2, 0.25) is 0 Å². The van der Waals surface area contributed by atoms with Gasteiger partial charge < -0.3 is 9.72 Å². The van der Waals surface area contributed by atoms with E-state index in [1.165, 1.54) is 34.7 Å². The van der Waals surface area contributed by atoms with Gasteiger partial charge >= 0.3 is 0 Å². The second-order valence-corrected chi connectivity index (χ2v) is 9.86. The zero-order valence-electron chi connectivity index (χ0n) is 13.0. The number of H-pyrrole nitrogens is 1. The van der Waals surface area contributed by atoms with Crippen LogP contribution in [0.15, 0.2) is 29.3 Å². The predicted octanol–water partition coefficient (Wildman–Crippen LogP) is 5.47. The molecule has 0 saturated heterocycles. The van der Waals surface area contributed by atoms with E-state index in [1.807, 2.05) is 0 Å². The first-order valence-corrected chi connectivity index (χ1v) is 10.4. The molecule has 0 radical (unpaired) electrons. The lowest BCUT2D eigenvalue weighted by Gasteiger charge is -2.40. The van der Waals surface area contributed by atoms with Crippen molar-refractivity contribution in [3.05, 3.63) is 38.7 Å². The Labute approximate surface area is 149 Å². The number of aromatic nitrogens is 1. The van der Waals surface area contributed by atoms with Gasteiger partial charge in [0.05, 0.1) is 12.1 Å². The molecule has 2 saturated carbocycles. The van der Waals surface area contributed by atoms with E-state index in [0.717, 1.165) is 32.7 Å². The van der Waals surface area contributed by atoms with Crippen molar-refractivity contribution in [1.82, 2.24) is 4.98 Å². The molecule has 5 atom stereocenters. The van der Waals surface area contributed by atoms with Crippen LogP contribution in [0.5, 0.6) is 5.75 Å². The molecule has 3 aliphatic rings. The second kappa shape index (κ2) is 5.36. The van der Waals surface area contributed by atoms with Crippen molar-refractivity contribution >= 4 is 35.3 Å². The molecule has 0 spiro atoms.